The van der Waals surface area contributed by atoms with Crippen LogP contribution in [0, 0.1) is 6.42 Å². The standard InChI is InChI=1S/C10H9ClNO/c11-8-3-1-4-9(7-8)12-6-2-5-10(12)13/h1-4,7H,5-6H2. The van der Waals surface area contributed by atoms with Crippen molar-refractivity contribution < 1.29 is 4.79 Å². The van der Waals surface area contributed by atoms with Crippen LogP contribution in [0.5, 0.6) is 0 Å². The fourth-order valence-corrected chi connectivity index (χ4v) is 1.61. The summed E-state index contributed by atoms with van der Waals surface area (Å²) in [5.74, 6) is 0.141. The molecular weight excluding hydrogens is 186 g/mol. The van der Waals surface area contributed by atoms with Crippen LogP contribution in [0.15, 0.2) is 24.3 Å². The van der Waals surface area contributed by atoms with E-state index >= 15 is 0 Å². The highest BCUT2D eigenvalue weighted by atomic mass is 35.5. The molecule has 67 valence electrons. The molecule has 1 aliphatic heterocycles. The van der Waals surface area contributed by atoms with Crippen LogP contribution < -0.4 is 4.90 Å². The number of halogens is 1. The quantitative estimate of drug-likeness (QED) is 0.672. The molecule has 1 aromatic rings. The summed E-state index contributed by atoms with van der Waals surface area (Å²) in [6.45, 7) is 0.694. The molecule has 1 amide bonds. The van der Waals surface area contributed by atoms with Crippen LogP contribution in [0.25, 0.3) is 0 Å². The van der Waals surface area contributed by atoms with Crippen LogP contribution in [0.4, 0.5) is 5.69 Å². The summed E-state index contributed by atoms with van der Waals surface area (Å²) in [5, 5.41) is 0.664. The van der Waals surface area contributed by atoms with Gasteiger partial charge >= 0.3 is 0 Å². The van der Waals surface area contributed by atoms with Crippen LogP contribution in [0.3, 0.4) is 0 Å². The highest BCUT2D eigenvalue weighted by Crippen LogP contribution is 2.23. The number of carbonyl (C=O) groups is 1. The number of anilines is 1. The predicted octanol–water partition coefficient (Wildman–Crippen LogP) is 2.28. The molecule has 0 aromatic heterocycles. The Morgan fingerprint density at radius 3 is 2.85 bits per heavy atom. The minimum atomic E-state index is 0.141. The minimum Gasteiger partial charge on any atom is -0.312 e. The van der Waals surface area contributed by atoms with Crippen LogP contribution in [0.1, 0.15) is 6.42 Å². The zero-order chi connectivity index (χ0) is 9.26. The zero-order valence-electron chi connectivity index (χ0n) is 7.03. The SMILES string of the molecule is O=C1C[CH]CN1c1cccc(Cl)c1. The third-order valence-corrected chi connectivity index (χ3v) is 2.29. The first kappa shape index (κ1) is 8.57. The summed E-state index contributed by atoms with van der Waals surface area (Å²) in [4.78, 5) is 13.1. The lowest BCUT2D eigenvalue weighted by Crippen LogP contribution is -2.23. The predicted molar refractivity (Wildman–Crippen MR) is 52.7 cm³/mol. The lowest BCUT2D eigenvalue weighted by atomic mass is 10.3. The average Bonchev–Trinajstić information content (AvgIpc) is 2.51. The molecular formula is C10H9ClNO. The van der Waals surface area contributed by atoms with E-state index in [-0.39, 0.29) is 5.91 Å². The van der Waals surface area contributed by atoms with E-state index < -0.39 is 0 Å². The van der Waals surface area contributed by atoms with E-state index in [1.807, 2.05) is 18.6 Å². The van der Waals surface area contributed by atoms with Gasteiger partial charge in [0.25, 0.3) is 0 Å². The minimum absolute atomic E-state index is 0.141. The van der Waals surface area contributed by atoms with Crippen LogP contribution in [-0.2, 0) is 4.79 Å². The third-order valence-electron chi connectivity index (χ3n) is 2.05. The van der Waals surface area contributed by atoms with Crippen LogP contribution >= 0.6 is 11.6 Å². The Hall–Kier alpha value is -1.02. The van der Waals surface area contributed by atoms with Crippen molar-refractivity contribution in [3.05, 3.63) is 35.7 Å². The maximum atomic E-state index is 11.3. The lowest BCUT2D eigenvalue weighted by molar-refractivity contribution is -0.116. The molecule has 1 fully saturated rings. The number of amides is 1. The zero-order valence-corrected chi connectivity index (χ0v) is 7.79. The van der Waals surface area contributed by atoms with Gasteiger partial charge in [-0.1, -0.05) is 17.7 Å². The van der Waals surface area contributed by atoms with Crippen LogP contribution in [-0.4, -0.2) is 12.5 Å². The molecule has 0 spiro atoms. The molecule has 1 aromatic carbocycles. The first-order valence-electron chi connectivity index (χ1n) is 4.15. The van der Waals surface area contributed by atoms with Gasteiger partial charge in [-0.05, 0) is 24.6 Å². The molecule has 0 atom stereocenters. The maximum absolute atomic E-state index is 11.3. The smallest absolute Gasteiger partial charge is 0.227 e. The number of rotatable bonds is 1. The number of carbonyl (C=O) groups excluding carboxylic acids is 1. The van der Waals surface area contributed by atoms with E-state index in [1.54, 1.807) is 17.0 Å². The second kappa shape index (κ2) is 3.38. The van der Waals surface area contributed by atoms with E-state index in [9.17, 15) is 4.79 Å². The van der Waals surface area contributed by atoms with Gasteiger partial charge in [-0.2, -0.15) is 0 Å². The second-order valence-electron chi connectivity index (χ2n) is 2.98. The van der Waals surface area contributed by atoms with Gasteiger partial charge in [-0.3, -0.25) is 4.79 Å². The Kier molecular flexibility index (Phi) is 2.23. The molecule has 2 rings (SSSR count). The van der Waals surface area contributed by atoms with Crippen molar-refractivity contribution in [1.29, 1.82) is 0 Å². The second-order valence-corrected chi connectivity index (χ2v) is 3.41. The third kappa shape index (κ3) is 1.68. The van der Waals surface area contributed by atoms with Crippen molar-refractivity contribution in [2.75, 3.05) is 11.4 Å². The molecule has 3 heteroatoms. The molecule has 1 heterocycles. The van der Waals surface area contributed by atoms with E-state index in [0.717, 1.165) is 5.69 Å². The van der Waals surface area contributed by atoms with Gasteiger partial charge in [0.05, 0.1) is 0 Å². The molecule has 1 saturated heterocycles. The summed E-state index contributed by atoms with van der Waals surface area (Å²) < 4.78 is 0. The van der Waals surface area contributed by atoms with Crippen molar-refractivity contribution >= 4 is 23.2 Å². The van der Waals surface area contributed by atoms with E-state index in [0.29, 0.717) is 18.0 Å². The van der Waals surface area contributed by atoms with Gasteiger partial charge in [-0.25, -0.2) is 0 Å². The number of benzene rings is 1. The monoisotopic (exact) mass is 194 g/mol. The molecule has 0 unspecified atom stereocenters. The summed E-state index contributed by atoms with van der Waals surface area (Å²) >= 11 is 5.82. The highest BCUT2D eigenvalue weighted by Gasteiger charge is 2.21. The number of hydrogen-bond donors (Lipinski definition) is 0. The number of hydrogen-bond acceptors (Lipinski definition) is 1. The van der Waals surface area contributed by atoms with Crippen molar-refractivity contribution in [3.8, 4) is 0 Å². The Morgan fingerprint density at radius 2 is 2.23 bits per heavy atom. The highest BCUT2D eigenvalue weighted by molar-refractivity contribution is 6.30. The Morgan fingerprint density at radius 1 is 1.38 bits per heavy atom. The fourth-order valence-electron chi connectivity index (χ4n) is 1.42. The Bertz CT molecular complexity index is 337. The van der Waals surface area contributed by atoms with E-state index in [4.69, 9.17) is 11.6 Å². The fraction of sp³-hybridized carbons (Fsp3) is 0.200. The summed E-state index contributed by atoms with van der Waals surface area (Å²) in [6.07, 6.45) is 2.50. The molecule has 13 heavy (non-hydrogen) atoms. The summed E-state index contributed by atoms with van der Waals surface area (Å²) in [6, 6.07) is 7.35. The summed E-state index contributed by atoms with van der Waals surface area (Å²) in [5.41, 5.74) is 0.881. The van der Waals surface area contributed by atoms with Gasteiger partial charge in [-0.15, -0.1) is 0 Å². The molecule has 1 aliphatic rings. The van der Waals surface area contributed by atoms with Gasteiger partial charge in [0, 0.05) is 23.7 Å². The average molecular weight is 195 g/mol. The van der Waals surface area contributed by atoms with Gasteiger partial charge in [0.2, 0.25) is 5.91 Å². The van der Waals surface area contributed by atoms with Crippen molar-refractivity contribution in [2.45, 2.75) is 6.42 Å². The van der Waals surface area contributed by atoms with Crippen molar-refractivity contribution in [1.82, 2.24) is 0 Å². The molecule has 0 bridgehead atoms. The normalized spacial score (nSPS) is 16.7. The molecule has 0 saturated carbocycles. The maximum Gasteiger partial charge on any atom is 0.227 e. The van der Waals surface area contributed by atoms with E-state index in [2.05, 4.69) is 0 Å². The topological polar surface area (TPSA) is 20.3 Å². The van der Waals surface area contributed by atoms with Gasteiger partial charge < -0.3 is 4.90 Å². The van der Waals surface area contributed by atoms with Crippen molar-refractivity contribution in [2.24, 2.45) is 0 Å². The van der Waals surface area contributed by atoms with Gasteiger partial charge in [0.15, 0.2) is 0 Å². The Labute approximate surface area is 82.1 Å². The summed E-state index contributed by atoms with van der Waals surface area (Å²) in [7, 11) is 0. The first-order valence-corrected chi connectivity index (χ1v) is 4.53. The van der Waals surface area contributed by atoms with E-state index in [1.165, 1.54) is 0 Å². The van der Waals surface area contributed by atoms with Crippen molar-refractivity contribution in [3.63, 3.8) is 0 Å². The Balaban J connectivity index is 2.29. The number of nitrogens with zero attached hydrogens (tertiary/aromatic N) is 1. The lowest BCUT2D eigenvalue weighted by Gasteiger charge is -2.15. The molecule has 2 nitrogen and oxygen atoms in total. The largest absolute Gasteiger partial charge is 0.312 e. The molecule has 1 radical (unpaired) electrons. The van der Waals surface area contributed by atoms with Gasteiger partial charge in [0.1, 0.15) is 0 Å². The molecule has 0 N–H and O–H groups in total. The first-order chi connectivity index (χ1) is 6.27. The van der Waals surface area contributed by atoms with Crippen LogP contribution in [0.2, 0.25) is 5.02 Å². The molecule has 0 aliphatic carbocycles.